The summed E-state index contributed by atoms with van der Waals surface area (Å²) in [5.41, 5.74) is 1.25. The smallest absolute Gasteiger partial charge is 0.263 e. The van der Waals surface area contributed by atoms with Crippen LogP contribution in [0.1, 0.15) is 28.1 Å². The maximum Gasteiger partial charge on any atom is 0.263 e. The molecule has 6 nitrogen and oxygen atoms in total. The maximum atomic E-state index is 13.2. The van der Waals surface area contributed by atoms with E-state index in [1.165, 1.54) is 23.3 Å². The number of carbonyl (C=O) groups is 3. The van der Waals surface area contributed by atoms with Crippen molar-refractivity contribution >= 4 is 34.7 Å². The van der Waals surface area contributed by atoms with Crippen LogP contribution in [0.2, 0.25) is 0 Å². The average molecular weight is 410 g/mol. The fourth-order valence-electron chi connectivity index (χ4n) is 3.39. The van der Waals surface area contributed by atoms with Crippen molar-refractivity contribution in [2.45, 2.75) is 12.8 Å². The van der Waals surface area contributed by atoms with E-state index in [4.69, 9.17) is 6.42 Å². The Bertz CT molecular complexity index is 925. The highest BCUT2D eigenvalue weighted by molar-refractivity contribution is 7.12. The molecule has 3 amide bonds. The van der Waals surface area contributed by atoms with E-state index in [1.54, 1.807) is 29.2 Å². The maximum absolute atomic E-state index is 13.2. The standard InChI is InChI=1S/C22H23N3O3S/c1-3-16-6-4-7-18(14-16)25(15-20(26)23-2)21(27)17-9-11-24(12-10-17)22(28)19-8-5-13-29-19/h1,4-8,13-14,17H,9-12,15H2,2H3,(H,23,26). The van der Waals surface area contributed by atoms with E-state index in [1.807, 2.05) is 17.5 Å². The molecule has 0 atom stereocenters. The molecule has 7 heteroatoms. The van der Waals surface area contributed by atoms with Gasteiger partial charge in [-0.15, -0.1) is 17.8 Å². The molecule has 1 aliphatic heterocycles. The monoisotopic (exact) mass is 409 g/mol. The van der Waals surface area contributed by atoms with E-state index in [9.17, 15) is 14.4 Å². The number of nitrogens with one attached hydrogen (secondary N) is 1. The van der Waals surface area contributed by atoms with Gasteiger partial charge in [-0.25, -0.2) is 0 Å². The lowest BCUT2D eigenvalue weighted by Gasteiger charge is -2.34. The molecule has 0 saturated carbocycles. The number of hydrogen-bond donors (Lipinski definition) is 1. The summed E-state index contributed by atoms with van der Waals surface area (Å²) >= 11 is 1.42. The first-order chi connectivity index (χ1) is 14.0. The van der Waals surface area contributed by atoms with Gasteiger partial charge in [0, 0.05) is 37.3 Å². The van der Waals surface area contributed by atoms with Crippen LogP contribution in [0.5, 0.6) is 0 Å². The third-order valence-electron chi connectivity index (χ3n) is 5.03. The summed E-state index contributed by atoms with van der Waals surface area (Å²) < 4.78 is 0. The zero-order valence-corrected chi connectivity index (χ0v) is 17.1. The highest BCUT2D eigenvalue weighted by atomic mass is 32.1. The minimum atomic E-state index is -0.255. The molecule has 29 heavy (non-hydrogen) atoms. The Morgan fingerprint density at radius 3 is 2.62 bits per heavy atom. The molecular weight excluding hydrogens is 386 g/mol. The van der Waals surface area contributed by atoms with Gasteiger partial charge in [-0.1, -0.05) is 18.1 Å². The van der Waals surface area contributed by atoms with Gasteiger partial charge in [0.05, 0.1) is 4.88 Å². The van der Waals surface area contributed by atoms with Gasteiger partial charge in [-0.2, -0.15) is 0 Å². The summed E-state index contributed by atoms with van der Waals surface area (Å²) in [6, 6.07) is 10.7. The van der Waals surface area contributed by atoms with Gasteiger partial charge < -0.3 is 15.1 Å². The Kier molecular flexibility index (Phi) is 6.68. The highest BCUT2D eigenvalue weighted by Crippen LogP contribution is 2.25. The number of amides is 3. The summed E-state index contributed by atoms with van der Waals surface area (Å²) in [5, 5.41) is 4.44. The van der Waals surface area contributed by atoms with Gasteiger partial charge in [0.2, 0.25) is 11.8 Å². The second kappa shape index (κ2) is 9.39. The second-order valence-electron chi connectivity index (χ2n) is 6.84. The van der Waals surface area contributed by atoms with Crippen molar-refractivity contribution in [3.05, 3.63) is 52.2 Å². The molecule has 0 spiro atoms. The predicted octanol–water partition coefficient (Wildman–Crippen LogP) is 2.36. The van der Waals surface area contributed by atoms with Crippen molar-refractivity contribution in [2.75, 3.05) is 31.6 Å². The second-order valence-corrected chi connectivity index (χ2v) is 7.78. The zero-order valence-electron chi connectivity index (χ0n) is 16.3. The van der Waals surface area contributed by atoms with Crippen LogP contribution in [0.3, 0.4) is 0 Å². The first-order valence-corrected chi connectivity index (χ1v) is 10.3. The highest BCUT2D eigenvalue weighted by Gasteiger charge is 2.32. The van der Waals surface area contributed by atoms with Crippen LogP contribution in [0.4, 0.5) is 5.69 Å². The lowest BCUT2D eigenvalue weighted by molar-refractivity contribution is -0.126. The molecular formula is C22H23N3O3S. The number of anilines is 1. The summed E-state index contributed by atoms with van der Waals surface area (Å²) in [7, 11) is 1.54. The molecule has 1 aliphatic rings. The van der Waals surface area contributed by atoms with Crippen LogP contribution in [-0.4, -0.2) is 49.3 Å². The number of terminal acetylenes is 1. The fourth-order valence-corrected chi connectivity index (χ4v) is 4.08. The number of benzene rings is 1. The molecule has 2 aromatic rings. The van der Waals surface area contributed by atoms with Crippen molar-refractivity contribution < 1.29 is 14.4 Å². The summed E-state index contributed by atoms with van der Waals surface area (Å²) in [6.45, 7) is 0.967. The number of nitrogens with zero attached hydrogens (tertiary/aromatic N) is 2. The Morgan fingerprint density at radius 1 is 1.24 bits per heavy atom. The molecule has 1 N–H and O–H groups in total. The van der Waals surface area contributed by atoms with Gasteiger partial charge in [-0.3, -0.25) is 14.4 Å². The molecule has 0 unspecified atom stereocenters. The van der Waals surface area contributed by atoms with Gasteiger partial charge in [0.1, 0.15) is 6.54 Å². The van der Waals surface area contributed by atoms with Crippen molar-refractivity contribution in [3.8, 4) is 12.3 Å². The third kappa shape index (κ3) is 4.84. The third-order valence-corrected chi connectivity index (χ3v) is 5.89. The normalized spacial score (nSPS) is 14.1. The van der Waals surface area contributed by atoms with E-state index < -0.39 is 0 Å². The molecule has 1 fully saturated rings. The Balaban J connectivity index is 1.72. The average Bonchev–Trinajstić information content (AvgIpc) is 3.31. The van der Waals surface area contributed by atoms with Gasteiger partial charge >= 0.3 is 0 Å². The lowest BCUT2D eigenvalue weighted by Crippen LogP contribution is -2.47. The topological polar surface area (TPSA) is 69.7 Å². The Labute approximate surface area is 174 Å². The summed E-state index contributed by atoms with van der Waals surface area (Å²) in [4.78, 5) is 41.8. The van der Waals surface area contributed by atoms with Crippen molar-refractivity contribution in [2.24, 2.45) is 5.92 Å². The first kappa shape index (κ1) is 20.6. The molecule has 0 aliphatic carbocycles. The number of thiophene rings is 1. The van der Waals surface area contributed by atoms with E-state index in [2.05, 4.69) is 11.2 Å². The number of piperidine rings is 1. The molecule has 150 valence electrons. The summed E-state index contributed by atoms with van der Waals surface area (Å²) in [5.74, 6) is 1.94. The van der Waals surface area contributed by atoms with Crippen molar-refractivity contribution in [3.63, 3.8) is 0 Å². The molecule has 1 aromatic heterocycles. The van der Waals surface area contributed by atoms with Crippen LogP contribution < -0.4 is 10.2 Å². The minimum absolute atomic E-state index is 0.00911. The zero-order chi connectivity index (χ0) is 20.8. The summed E-state index contributed by atoms with van der Waals surface area (Å²) in [6.07, 6.45) is 6.61. The van der Waals surface area contributed by atoms with Crippen LogP contribution in [0, 0.1) is 18.3 Å². The van der Waals surface area contributed by atoms with Crippen molar-refractivity contribution in [1.29, 1.82) is 0 Å². The lowest BCUT2D eigenvalue weighted by atomic mass is 9.94. The number of likely N-dealkylation sites (tertiary alicyclic amines) is 1. The predicted molar refractivity (Wildman–Crippen MR) is 114 cm³/mol. The molecule has 2 heterocycles. The number of carbonyl (C=O) groups excluding carboxylic acids is 3. The largest absolute Gasteiger partial charge is 0.358 e. The molecule has 1 saturated heterocycles. The van der Waals surface area contributed by atoms with E-state index in [0.717, 1.165) is 0 Å². The SMILES string of the molecule is C#Cc1cccc(N(CC(=O)NC)C(=O)C2CCN(C(=O)c3cccs3)CC2)c1. The van der Waals surface area contributed by atoms with E-state index >= 15 is 0 Å². The van der Waals surface area contributed by atoms with E-state index in [-0.39, 0.29) is 30.2 Å². The number of rotatable bonds is 5. The molecule has 0 bridgehead atoms. The van der Waals surface area contributed by atoms with E-state index in [0.29, 0.717) is 42.1 Å². The Morgan fingerprint density at radius 2 is 2.00 bits per heavy atom. The van der Waals surface area contributed by atoms with Gasteiger partial charge in [-0.05, 0) is 42.5 Å². The van der Waals surface area contributed by atoms with Crippen molar-refractivity contribution in [1.82, 2.24) is 10.2 Å². The van der Waals surface area contributed by atoms with Gasteiger partial charge in [0.15, 0.2) is 0 Å². The van der Waals surface area contributed by atoms with Crippen LogP contribution in [0.15, 0.2) is 41.8 Å². The number of hydrogen-bond acceptors (Lipinski definition) is 4. The fraction of sp³-hybridized carbons (Fsp3) is 0.318. The van der Waals surface area contributed by atoms with Crippen LogP contribution in [0.25, 0.3) is 0 Å². The van der Waals surface area contributed by atoms with Crippen LogP contribution >= 0.6 is 11.3 Å². The van der Waals surface area contributed by atoms with Gasteiger partial charge in [0.25, 0.3) is 5.91 Å². The first-order valence-electron chi connectivity index (χ1n) is 9.45. The quantitative estimate of drug-likeness (QED) is 0.771. The van der Waals surface area contributed by atoms with Crippen LogP contribution in [-0.2, 0) is 9.59 Å². The molecule has 3 rings (SSSR count). The minimum Gasteiger partial charge on any atom is -0.358 e. The molecule has 1 aromatic carbocycles. The number of likely N-dealkylation sites (N-methyl/N-ethyl adjacent to an activating group) is 1. The Hall–Kier alpha value is -3.11. The molecule has 0 radical (unpaired) electrons.